The van der Waals surface area contributed by atoms with Crippen molar-refractivity contribution in [2.75, 3.05) is 25.0 Å². The van der Waals surface area contributed by atoms with Crippen LogP contribution in [0.3, 0.4) is 0 Å². The summed E-state index contributed by atoms with van der Waals surface area (Å²) in [6.07, 6.45) is 7.39. The van der Waals surface area contributed by atoms with Crippen LogP contribution >= 0.6 is 11.3 Å². The first-order valence-electron chi connectivity index (χ1n) is 10.6. The number of carbonyl (C=O) groups excluding carboxylic acids is 2. The number of nitrogens with two attached hydrogens (primary N) is 1. The van der Waals surface area contributed by atoms with E-state index in [9.17, 15) is 9.59 Å². The molecule has 0 bridgehead atoms. The fourth-order valence-corrected chi connectivity index (χ4v) is 5.43. The summed E-state index contributed by atoms with van der Waals surface area (Å²) in [5.41, 5.74) is 8.86. The molecule has 0 saturated carbocycles. The largest absolute Gasteiger partial charge is 0.369 e. The minimum Gasteiger partial charge on any atom is -0.369 e. The van der Waals surface area contributed by atoms with Crippen LogP contribution in [-0.2, 0) is 24.1 Å². The predicted molar refractivity (Wildman–Crippen MR) is 117 cm³/mol. The van der Waals surface area contributed by atoms with Gasteiger partial charge in [0.05, 0.1) is 4.88 Å². The molecular formula is C23H29N3O2S. The van der Waals surface area contributed by atoms with E-state index >= 15 is 0 Å². The number of anilines is 1. The van der Waals surface area contributed by atoms with E-state index in [0.717, 1.165) is 62.3 Å². The average Bonchev–Trinajstić information content (AvgIpc) is 3.18. The third kappa shape index (κ3) is 5.06. The molecule has 2 aromatic rings. The Morgan fingerprint density at radius 3 is 2.52 bits per heavy atom. The average molecular weight is 412 g/mol. The van der Waals surface area contributed by atoms with Crippen molar-refractivity contribution in [3.8, 4) is 0 Å². The highest BCUT2D eigenvalue weighted by atomic mass is 32.1. The molecule has 0 spiro atoms. The summed E-state index contributed by atoms with van der Waals surface area (Å²) in [6.45, 7) is 2.86. The Bertz CT molecular complexity index is 843. The van der Waals surface area contributed by atoms with Crippen LogP contribution in [0.1, 0.15) is 51.4 Å². The van der Waals surface area contributed by atoms with E-state index in [0.29, 0.717) is 0 Å². The van der Waals surface area contributed by atoms with Crippen LogP contribution in [0.15, 0.2) is 30.3 Å². The van der Waals surface area contributed by atoms with Gasteiger partial charge in [-0.3, -0.25) is 9.59 Å². The Morgan fingerprint density at radius 2 is 1.83 bits per heavy atom. The molecule has 1 saturated heterocycles. The van der Waals surface area contributed by atoms with Crippen molar-refractivity contribution in [3.63, 3.8) is 0 Å². The lowest BCUT2D eigenvalue weighted by Crippen LogP contribution is -2.39. The third-order valence-corrected chi connectivity index (χ3v) is 7.37. The van der Waals surface area contributed by atoms with Crippen LogP contribution in [0.4, 0.5) is 5.69 Å². The first kappa shape index (κ1) is 20.1. The molecule has 1 fully saturated rings. The molecule has 2 amide bonds. The first-order valence-corrected chi connectivity index (χ1v) is 11.4. The number of fused-ring (bicyclic) bond motifs is 1. The molecular weight excluding hydrogens is 382 g/mol. The van der Waals surface area contributed by atoms with Crippen molar-refractivity contribution in [2.45, 2.75) is 44.9 Å². The van der Waals surface area contributed by atoms with E-state index in [1.54, 1.807) is 11.3 Å². The maximum absolute atomic E-state index is 12.6. The summed E-state index contributed by atoms with van der Waals surface area (Å²) in [5.74, 6) is -0.123. The molecule has 0 atom stereocenters. The number of nitrogens with one attached hydrogen (secondary N) is 1. The number of piperidine rings is 1. The zero-order chi connectivity index (χ0) is 20.2. The fraction of sp³-hybridized carbons (Fsp3) is 0.478. The zero-order valence-electron chi connectivity index (χ0n) is 16.8. The number of amides is 2. The van der Waals surface area contributed by atoms with Gasteiger partial charge in [0.25, 0.3) is 5.91 Å². The van der Waals surface area contributed by atoms with Crippen molar-refractivity contribution in [1.82, 2.24) is 4.90 Å². The standard InChI is InChI=1S/C23H29N3O2S/c24-22(27)17-10-13-26(14-11-17)12-9-16-5-7-19(8-6-16)25-23(28)21-15-18-3-1-2-4-20(18)29-21/h5-8,15,17H,1-4,9-14H2,(H2,24,27)(H,25,28). The molecule has 154 valence electrons. The molecule has 3 N–H and O–H groups in total. The van der Waals surface area contributed by atoms with Gasteiger partial charge < -0.3 is 16.0 Å². The minimum absolute atomic E-state index is 0.00512. The van der Waals surface area contributed by atoms with Crippen molar-refractivity contribution in [2.24, 2.45) is 11.7 Å². The molecule has 2 heterocycles. The van der Waals surface area contributed by atoms with Gasteiger partial charge in [0, 0.05) is 23.0 Å². The summed E-state index contributed by atoms with van der Waals surface area (Å²) < 4.78 is 0. The number of primary amides is 1. The molecule has 2 aliphatic rings. The van der Waals surface area contributed by atoms with E-state index in [1.165, 1.54) is 28.8 Å². The van der Waals surface area contributed by atoms with Gasteiger partial charge >= 0.3 is 0 Å². The monoisotopic (exact) mass is 411 g/mol. The second-order valence-corrected chi connectivity index (χ2v) is 9.32. The summed E-state index contributed by atoms with van der Waals surface area (Å²) in [6, 6.07) is 10.2. The lowest BCUT2D eigenvalue weighted by Gasteiger charge is -2.30. The van der Waals surface area contributed by atoms with Crippen LogP contribution in [0.2, 0.25) is 0 Å². The van der Waals surface area contributed by atoms with Crippen LogP contribution in [0.5, 0.6) is 0 Å². The summed E-state index contributed by atoms with van der Waals surface area (Å²) in [7, 11) is 0. The Labute approximate surface area is 176 Å². The van der Waals surface area contributed by atoms with E-state index in [4.69, 9.17) is 5.73 Å². The first-order chi connectivity index (χ1) is 14.1. The Balaban J connectivity index is 1.26. The maximum Gasteiger partial charge on any atom is 0.265 e. The van der Waals surface area contributed by atoms with Gasteiger partial charge in [-0.05, 0) is 87.4 Å². The number of hydrogen-bond donors (Lipinski definition) is 2. The Morgan fingerprint density at radius 1 is 1.10 bits per heavy atom. The Kier molecular flexibility index (Phi) is 6.31. The SMILES string of the molecule is NC(=O)C1CCN(CCc2ccc(NC(=O)c3cc4c(s3)CCCC4)cc2)CC1. The Hall–Kier alpha value is -2.18. The number of aryl methyl sites for hydroxylation is 2. The van der Waals surface area contributed by atoms with Crippen molar-refractivity contribution in [1.29, 1.82) is 0 Å². The van der Waals surface area contributed by atoms with E-state index < -0.39 is 0 Å². The van der Waals surface area contributed by atoms with Crippen LogP contribution in [-0.4, -0.2) is 36.3 Å². The molecule has 1 aliphatic heterocycles. The van der Waals surface area contributed by atoms with Gasteiger partial charge in [-0.1, -0.05) is 12.1 Å². The van der Waals surface area contributed by atoms with Crippen molar-refractivity contribution < 1.29 is 9.59 Å². The van der Waals surface area contributed by atoms with Crippen molar-refractivity contribution >= 4 is 28.8 Å². The highest BCUT2D eigenvalue weighted by Gasteiger charge is 2.22. The minimum atomic E-state index is -0.162. The molecule has 5 nitrogen and oxygen atoms in total. The van der Waals surface area contributed by atoms with E-state index in [2.05, 4.69) is 28.4 Å². The number of likely N-dealkylation sites (tertiary alicyclic amines) is 1. The fourth-order valence-electron chi connectivity index (χ4n) is 4.28. The second-order valence-electron chi connectivity index (χ2n) is 8.19. The summed E-state index contributed by atoms with van der Waals surface area (Å²) in [5, 5.41) is 3.03. The molecule has 29 heavy (non-hydrogen) atoms. The topological polar surface area (TPSA) is 75.4 Å². The number of rotatable bonds is 6. The molecule has 1 aromatic heterocycles. The van der Waals surface area contributed by atoms with Gasteiger partial charge in [-0.2, -0.15) is 0 Å². The van der Waals surface area contributed by atoms with Crippen molar-refractivity contribution in [3.05, 3.63) is 51.2 Å². The zero-order valence-corrected chi connectivity index (χ0v) is 17.6. The molecule has 4 rings (SSSR count). The molecule has 0 unspecified atom stereocenters. The van der Waals surface area contributed by atoms with Gasteiger partial charge in [0.2, 0.25) is 5.91 Å². The molecule has 0 radical (unpaired) electrons. The number of nitrogens with zero attached hydrogens (tertiary/aromatic N) is 1. The highest BCUT2D eigenvalue weighted by molar-refractivity contribution is 7.14. The normalized spacial score (nSPS) is 17.7. The smallest absolute Gasteiger partial charge is 0.265 e. The lowest BCUT2D eigenvalue weighted by atomic mass is 9.96. The van der Waals surface area contributed by atoms with Gasteiger partial charge in [0.1, 0.15) is 0 Å². The predicted octanol–water partition coefficient (Wildman–Crippen LogP) is 3.62. The van der Waals surface area contributed by atoms with Gasteiger partial charge in [-0.15, -0.1) is 11.3 Å². The maximum atomic E-state index is 12.6. The number of hydrogen-bond acceptors (Lipinski definition) is 4. The lowest BCUT2D eigenvalue weighted by molar-refractivity contribution is -0.123. The van der Waals surface area contributed by atoms with Crippen LogP contribution in [0.25, 0.3) is 0 Å². The number of thiophene rings is 1. The summed E-state index contributed by atoms with van der Waals surface area (Å²) >= 11 is 1.65. The third-order valence-electron chi connectivity index (χ3n) is 6.14. The molecule has 1 aliphatic carbocycles. The summed E-state index contributed by atoms with van der Waals surface area (Å²) in [4.78, 5) is 28.5. The second kappa shape index (κ2) is 9.09. The van der Waals surface area contributed by atoms with E-state index in [-0.39, 0.29) is 17.7 Å². The van der Waals surface area contributed by atoms with Crippen LogP contribution in [0, 0.1) is 5.92 Å². The molecule has 6 heteroatoms. The van der Waals surface area contributed by atoms with Gasteiger partial charge in [-0.25, -0.2) is 0 Å². The number of benzene rings is 1. The number of carbonyl (C=O) groups is 2. The quantitative estimate of drug-likeness (QED) is 0.762. The molecule has 1 aromatic carbocycles. The highest BCUT2D eigenvalue weighted by Crippen LogP contribution is 2.30. The van der Waals surface area contributed by atoms with E-state index in [1.807, 2.05) is 12.1 Å². The van der Waals surface area contributed by atoms with Crippen LogP contribution < -0.4 is 11.1 Å². The van der Waals surface area contributed by atoms with Gasteiger partial charge in [0.15, 0.2) is 0 Å².